The molecule has 2 N–H and O–H groups in total. The average molecular weight is 483 g/mol. The predicted octanol–water partition coefficient (Wildman–Crippen LogP) is 5.79. The fourth-order valence-electron chi connectivity index (χ4n) is 3.57. The van der Waals surface area contributed by atoms with Crippen molar-refractivity contribution in [3.8, 4) is 5.75 Å². The normalized spacial score (nSPS) is 10.8. The smallest absolute Gasteiger partial charge is 0.337 e. The van der Waals surface area contributed by atoms with E-state index in [2.05, 4.69) is 15.5 Å². The molecule has 180 valence electrons. The second-order valence-corrected chi connectivity index (χ2v) is 7.61. The van der Waals surface area contributed by atoms with Gasteiger partial charge in [0.1, 0.15) is 5.75 Å². The monoisotopic (exact) mass is 483 g/mol. The summed E-state index contributed by atoms with van der Waals surface area (Å²) in [6.07, 6.45) is 0. The highest BCUT2D eigenvalue weighted by atomic mass is 16.5. The third-order valence-corrected chi connectivity index (χ3v) is 5.30. The molecule has 0 saturated heterocycles. The number of methoxy groups -OCH3 is 2. The van der Waals surface area contributed by atoms with Gasteiger partial charge in [0.05, 0.1) is 42.3 Å². The van der Waals surface area contributed by atoms with Crippen LogP contribution in [0.4, 0.5) is 17.1 Å². The number of amides is 1. The number of phenols is 1. The van der Waals surface area contributed by atoms with Crippen LogP contribution < -0.4 is 5.32 Å². The second-order valence-electron chi connectivity index (χ2n) is 7.61. The largest absolute Gasteiger partial charge is 0.506 e. The summed E-state index contributed by atoms with van der Waals surface area (Å²) in [5, 5.41) is 23.1. The molecule has 4 aromatic carbocycles. The van der Waals surface area contributed by atoms with Gasteiger partial charge in [-0.2, -0.15) is 5.11 Å². The lowest BCUT2D eigenvalue weighted by Gasteiger charge is -2.12. The Hall–Kier alpha value is -5.05. The number of aromatic hydroxyl groups is 1. The highest BCUT2D eigenvalue weighted by Gasteiger charge is 2.20. The summed E-state index contributed by atoms with van der Waals surface area (Å²) in [5.41, 5.74) is 1.13. The summed E-state index contributed by atoms with van der Waals surface area (Å²) in [4.78, 5) is 37.4. The summed E-state index contributed by atoms with van der Waals surface area (Å²) >= 11 is 0. The second kappa shape index (κ2) is 10.5. The average Bonchev–Trinajstić information content (AvgIpc) is 2.92. The molecular formula is C27H21N3O6. The minimum absolute atomic E-state index is 0.0378. The van der Waals surface area contributed by atoms with Crippen molar-refractivity contribution in [2.24, 2.45) is 10.2 Å². The lowest BCUT2D eigenvalue weighted by Crippen LogP contribution is -2.14. The number of ether oxygens (including phenoxy) is 2. The molecule has 0 aliphatic carbocycles. The number of nitrogens with one attached hydrogen (secondary N) is 1. The highest BCUT2D eigenvalue weighted by Crippen LogP contribution is 2.37. The highest BCUT2D eigenvalue weighted by molar-refractivity contribution is 6.12. The molecule has 0 saturated carbocycles. The SMILES string of the molecule is COC(=O)c1cc(NC(=O)c2cc(N=Nc3ccccc3)c3ccccc3c2O)cc(C(=O)OC)c1. The van der Waals surface area contributed by atoms with Gasteiger partial charge in [0.2, 0.25) is 0 Å². The molecule has 1 amide bonds. The third kappa shape index (κ3) is 5.05. The van der Waals surface area contributed by atoms with Gasteiger partial charge in [0, 0.05) is 16.5 Å². The maximum Gasteiger partial charge on any atom is 0.337 e. The molecule has 0 atom stereocenters. The lowest BCUT2D eigenvalue weighted by atomic mass is 10.0. The Morgan fingerprint density at radius 2 is 1.33 bits per heavy atom. The van der Waals surface area contributed by atoms with E-state index < -0.39 is 17.8 Å². The van der Waals surface area contributed by atoms with E-state index in [1.54, 1.807) is 36.4 Å². The molecule has 0 fully saturated rings. The zero-order chi connectivity index (χ0) is 25.7. The summed E-state index contributed by atoms with van der Waals surface area (Å²) in [7, 11) is 2.40. The van der Waals surface area contributed by atoms with Crippen molar-refractivity contribution in [2.75, 3.05) is 19.5 Å². The Morgan fingerprint density at radius 3 is 1.94 bits per heavy atom. The van der Waals surface area contributed by atoms with Gasteiger partial charge < -0.3 is 19.9 Å². The van der Waals surface area contributed by atoms with Crippen LogP contribution in [0.3, 0.4) is 0 Å². The van der Waals surface area contributed by atoms with Crippen LogP contribution in [0.25, 0.3) is 10.8 Å². The summed E-state index contributed by atoms with van der Waals surface area (Å²) in [5.74, 6) is -2.34. The lowest BCUT2D eigenvalue weighted by molar-refractivity contribution is 0.0598. The Morgan fingerprint density at radius 1 is 0.750 bits per heavy atom. The molecule has 0 bridgehead atoms. The van der Waals surface area contributed by atoms with Crippen LogP contribution in [0, 0.1) is 0 Å². The zero-order valence-corrected chi connectivity index (χ0v) is 19.4. The Bertz CT molecular complexity index is 1460. The summed E-state index contributed by atoms with van der Waals surface area (Å²) < 4.78 is 9.46. The zero-order valence-electron chi connectivity index (χ0n) is 19.4. The number of anilines is 1. The number of carbonyl (C=O) groups excluding carboxylic acids is 3. The third-order valence-electron chi connectivity index (χ3n) is 5.30. The van der Waals surface area contributed by atoms with Crippen molar-refractivity contribution in [2.45, 2.75) is 0 Å². The van der Waals surface area contributed by atoms with Gasteiger partial charge in [-0.05, 0) is 36.4 Å². The summed E-state index contributed by atoms with van der Waals surface area (Å²) in [6, 6.07) is 21.4. The van der Waals surface area contributed by atoms with E-state index in [0.717, 1.165) is 0 Å². The first-order valence-electron chi connectivity index (χ1n) is 10.8. The number of azo groups is 1. The molecule has 4 aromatic rings. The first-order valence-corrected chi connectivity index (χ1v) is 10.8. The fraction of sp³-hybridized carbons (Fsp3) is 0.0741. The van der Waals surface area contributed by atoms with E-state index in [4.69, 9.17) is 9.47 Å². The van der Waals surface area contributed by atoms with E-state index in [1.807, 2.05) is 18.2 Å². The van der Waals surface area contributed by atoms with Crippen molar-refractivity contribution in [3.63, 3.8) is 0 Å². The molecule has 9 heteroatoms. The molecule has 36 heavy (non-hydrogen) atoms. The first kappa shape index (κ1) is 24.1. The molecule has 0 heterocycles. The maximum atomic E-state index is 13.2. The fourth-order valence-corrected chi connectivity index (χ4v) is 3.57. The van der Waals surface area contributed by atoms with Crippen molar-refractivity contribution in [1.82, 2.24) is 0 Å². The Kier molecular flexibility index (Phi) is 7.01. The number of phenolic OH excluding ortho intramolecular Hbond substituents is 1. The molecule has 0 unspecified atom stereocenters. The van der Waals surface area contributed by atoms with E-state index in [-0.39, 0.29) is 28.1 Å². The standard InChI is InChI=1S/C27H21N3O6/c1-35-26(33)16-12-17(27(34)36-2)14-19(13-16)28-25(32)22-15-23(30-29-18-8-4-3-5-9-18)20-10-6-7-11-21(20)24(22)31/h3-15,31H,1-2H3,(H,28,32). The Labute approximate surface area is 206 Å². The van der Waals surface area contributed by atoms with E-state index in [1.165, 1.54) is 38.5 Å². The van der Waals surface area contributed by atoms with Crippen LogP contribution in [0.1, 0.15) is 31.1 Å². The van der Waals surface area contributed by atoms with Crippen molar-refractivity contribution < 1.29 is 29.0 Å². The number of esters is 2. The number of benzene rings is 4. The number of hydrogen-bond donors (Lipinski definition) is 2. The van der Waals surface area contributed by atoms with Crippen molar-refractivity contribution in [1.29, 1.82) is 0 Å². The molecule has 9 nitrogen and oxygen atoms in total. The van der Waals surface area contributed by atoms with Gasteiger partial charge in [0.15, 0.2) is 0 Å². The van der Waals surface area contributed by atoms with Crippen molar-refractivity contribution >= 4 is 45.7 Å². The molecule has 0 radical (unpaired) electrons. The number of nitrogens with zero attached hydrogens (tertiary/aromatic N) is 2. The van der Waals surface area contributed by atoms with Gasteiger partial charge >= 0.3 is 11.9 Å². The van der Waals surface area contributed by atoms with Crippen LogP contribution in [0.5, 0.6) is 5.75 Å². The van der Waals surface area contributed by atoms with Crippen LogP contribution in [-0.4, -0.2) is 37.2 Å². The minimum atomic E-state index is -0.701. The number of rotatable bonds is 6. The predicted molar refractivity (Wildman–Crippen MR) is 133 cm³/mol. The van der Waals surface area contributed by atoms with Gasteiger partial charge in [0.25, 0.3) is 5.91 Å². The first-order chi connectivity index (χ1) is 17.4. The Balaban J connectivity index is 1.76. The molecule has 4 rings (SSSR count). The van der Waals surface area contributed by atoms with Crippen LogP contribution in [-0.2, 0) is 9.47 Å². The molecule has 0 aliphatic rings. The molecular weight excluding hydrogens is 462 g/mol. The van der Waals surface area contributed by atoms with Crippen LogP contribution >= 0.6 is 0 Å². The van der Waals surface area contributed by atoms with E-state index in [9.17, 15) is 19.5 Å². The van der Waals surface area contributed by atoms with Crippen molar-refractivity contribution in [3.05, 3.63) is 95.6 Å². The minimum Gasteiger partial charge on any atom is -0.506 e. The van der Waals surface area contributed by atoms with Gasteiger partial charge in [-0.3, -0.25) is 4.79 Å². The summed E-state index contributed by atoms with van der Waals surface area (Å²) in [6.45, 7) is 0. The number of carbonyl (C=O) groups is 3. The maximum absolute atomic E-state index is 13.2. The quantitative estimate of drug-likeness (QED) is 0.264. The van der Waals surface area contributed by atoms with E-state index >= 15 is 0 Å². The van der Waals surface area contributed by atoms with Gasteiger partial charge in [-0.1, -0.05) is 42.5 Å². The van der Waals surface area contributed by atoms with Gasteiger partial charge in [-0.15, -0.1) is 5.11 Å². The van der Waals surface area contributed by atoms with E-state index in [0.29, 0.717) is 22.1 Å². The van der Waals surface area contributed by atoms with Crippen LogP contribution in [0.15, 0.2) is 89.1 Å². The topological polar surface area (TPSA) is 127 Å². The molecule has 0 spiro atoms. The number of hydrogen-bond acceptors (Lipinski definition) is 8. The molecule has 0 aromatic heterocycles. The number of fused-ring (bicyclic) bond motifs is 1. The molecule has 0 aliphatic heterocycles. The van der Waals surface area contributed by atoms with Gasteiger partial charge in [-0.25, -0.2) is 9.59 Å². The van der Waals surface area contributed by atoms with Crippen LogP contribution in [0.2, 0.25) is 0 Å².